The number of amides is 6. The smallest absolute Gasteiger partial charge is 0.339 e. The molecule has 15 heteroatoms. The molecule has 0 spiro atoms. The third-order valence-corrected chi connectivity index (χ3v) is 8.89. The van der Waals surface area contributed by atoms with Crippen molar-refractivity contribution >= 4 is 52.7 Å². The number of imide groups is 2. The van der Waals surface area contributed by atoms with Crippen LogP contribution < -0.4 is 10.6 Å². The summed E-state index contributed by atoms with van der Waals surface area (Å²) in [6, 6.07) is 4.14. The van der Waals surface area contributed by atoms with Crippen molar-refractivity contribution in [2.45, 2.75) is 44.7 Å². The Labute approximate surface area is 267 Å². The number of hydrogen-bond acceptors (Lipinski definition) is 10. The van der Waals surface area contributed by atoms with Gasteiger partial charge in [0.05, 0.1) is 35.0 Å². The van der Waals surface area contributed by atoms with E-state index in [0.29, 0.717) is 29.0 Å². The lowest BCUT2D eigenvalue weighted by molar-refractivity contribution is -0.136. The van der Waals surface area contributed by atoms with E-state index in [-0.39, 0.29) is 41.8 Å². The highest BCUT2D eigenvalue weighted by atomic mass is 32.1. The number of hydrogen-bond donors (Lipinski definition) is 2. The molecule has 2 aromatic heterocycles. The van der Waals surface area contributed by atoms with Gasteiger partial charge in [0.25, 0.3) is 17.7 Å². The molecule has 14 nitrogen and oxygen atoms in total. The van der Waals surface area contributed by atoms with Gasteiger partial charge < -0.3 is 19.5 Å². The number of esters is 1. The van der Waals surface area contributed by atoms with Crippen molar-refractivity contribution < 1.29 is 38.3 Å². The lowest BCUT2D eigenvalue weighted by Crippen LogP contribution is -2.54. The number of nitrogens with zero attached hydrogens (tertiary/aromatic N) is 4. The number of thiazole rings is 1. The van der Waals surface area contributed by atoms with Crippen LogP contribution in [0.25, 0.3) is 0 Å². The Balaban J connectivity index is 1.40. The fourth-order valence-corrected chi connectivity index (χ4v) is 6.34. The first-order chi connectivity index (χ1) is 22.0. The number of piperidine rings is 1. The number of aromatic nitrogens is 2. The molecule has 1 saturated heterocycles. The minimum atomic E-state index is -1.12. The SMILES string of the molecule is CNC(=O)C(c1cc(C(=O)OC)cn1C)N(CCCc1ccc2c(c1)C(=O)N(C1CCC(=O)NC1=O)C2=O)C(=O)c1ncsc1C. The van der Waals surface area contributed by atoms with Crippen LogP contribution in [0.1, 0.15) is 83.0 Å². The minimum Gasteiger partial charge on any atom is -0.465 e. The van der Waals surface area contributed by atoms with Crippen LogP contribution >= 0.6 is 11.3 Å². The second-order valence-electron chi connectivity index (χ2n) is 11.0. The van der Waals surface area contributed by atoms with E-state index in [2.05, 4.69) is 15.6 Å². The van der Waals surface area contributed by atoms with Crippen molar-refractivity contribution in [2.24, 2.45) is 7.05 Å². The Kier molecular flexibility index (Phi) is 9.14. The topological polar surface area (TPSA) is 177 Å². The van der Waals surface area contributed by atoms with Crippen molar-refractivity contribution in [1.82, 2.24) is 30.0 Å². The molecule has 3 aromatic rings. The molecule has 0 aliphatic carbocycles. The van der Waals surface area contributed by atoms with Gasteiger partial charge in [-0.05, 0) is 49.9 Å². The largest absolute Gasteiger partial charge is 0.465 e. The van der Waals surface area contributed by atoms with E-state index in [1.165, 1.54) is 48.7 Å². The van der Waals surface area contributed by atoms with Gasteiger partial charge in [-0.1, -0.05) is 6.07 Å². The second-order valence-corrected chi connectivity index (χ2v) is 12.0. The zero-order valence-electron chi connectivity index (χ0n) is 25.6. The maximum atomic E-state index is 13.9. The van der Waals surface area contributed by atoms with Gasteiger partial charge in [-0.3, -0.25) is 39.0 Å². The summed E-state index contributed by atoms with van der Waals surface area (Å²) < 4.78 is 6.44. The number of likely N-dealkylation sites (N-methyl/N-ethyl adjacent to an activating group) is 1. The molecule has 0 saturated carbocycles. The Bertz CT molecular complexity index is 1780. The molecular formula is C31H32N6O8S. The van der Waals surface area contributed by atoms with Gasteiger partial charge in [-0.15, -0.1) is 11.3 Å². The molecule has 2 aliphatic rings. The van der Waals surface area contributed by atoms with Crippen molar-refractivity contribution in [1.29, 1.82) is 0 Å². The molecule has 2 unspecified atom stereocenters. The van der Waals surface area contributed by atoms with Crippen LogP contribution in [0.3, 0.4) is 0 Å². The van der Waals surface area contributed by atoms with Crippen molar-refractivity contribution in [3.63, 3.8) is 0 Å². The lowest BCUT2D eigenvalue weighted by Gasteiger charge is -2.31. The van der Waals surface area contributed by atoms with E-state index in [4.69, 9.17) is 4.74 Å². The molecule has 0 bridgehead atoms. The number of aryl methyl sites for hydroxylation is 3. The normalized spacial score (nSPS) is 16.6. The molecule has 4 heterocycles. The highest BCUT2D eigenvalue weighted by molar-refractivity contribution is 7.09. The molecule has 1 aromatic carbocycles. The number of fused-ring (bicyclic) bond motifs is 1. The van der Waals surface area contributed by atoms with E-state index < -0.39 is 53.5 Å². The molecule has 6 amide bonds. The van der Waals surface area contributed by atoms with Crippen LogP contribution in [0.4, 0.5) is 0 Å². The van der Waals surface area contributed by atoms with Crippen LogP contribution in [0.2, 0.25) is 0 Å². The summed E-state index contributed by atoms with van der Waals surface area (Å²) in [5.74, 6) is -3.89. The standard InChI is InChI=1S/C31H32N6O8S/c1-16-24(33-15-46-16)30(43)36(25(27(40)32-2)22-13-18(14-35(22)3)31(44)45-4)11-5-6-17-7-8-19-20(12-17)29(42)37(28(19)41)21-9-10-23(38)34-26(21)39/h7-8,12-15,21,25H,5-6,9-11H2,1-4H3,(H,32,40)(H,34,38,39). The predicted octanol–water partition coefficient (Wildman–Crippen LogP) is 1.54. The molecule has 0 radical (unpaired) electrons. The highest BCUT2D eigenvalue weighted by Gasteiger charge is 2.44. The lowest BCUT2D eigenvalue weighted by atomic mass is 10.0. The van der Waals surface area contributed by atoms with Crippen molar-refractivity contribution in [3.05, 3.63) is 74.5 Å². The average Bonchev–Trinajstić information content (AvgIpc) is 3.71. The van der Waals surface area contributed by atoms with Crippen LogP contribution in [-0.2, 0) is 32.6 Å². The first kappa shape index (κ1) is 32.2. The zero-order chi connectivity index (χ0) is 33.3. The molecule has 1 fully saturated rings. The Hall–Kier alpha value is -5.18. The minimum absolute atomic E-state index is 0.0223. The van der Waals surface area contributed by atoms with Gasteiger partial charge in [0.2, 0.25) is 17.7 Å². The fourth-order valence-electron chi connectivity index (χ4n) is 5.78. The summed E-state index contributed by atoms with van der Waals surface area (Å²) in [5.41, 5.74) is 3.38. The van der Waals surface area contributed by atoms with Gasteiger partial charge in [0.15, 0.2) is 6.04 Å². The van der Waals surface area contributed by atoms with E-state index in [1.807, 2.05) is 0 Å². The fraction of sp³-hybridized carbons (Fsp3) is 0.355. The van der Waals surface area contributed by atoms with Crippen molar-refractivity contribution in [3.8, 4) is 0 Å². The van der Waals surface area contributed by atoms with Gasteiger partial charge in [0, 0.05) is 38.1 Å². The maximum absolute atomic E-state index is 13.9. The van der Waals surface area contributed by atoms with Crippen molar-refractivity contribution in [2.75, 3.05) is 20.7 Å². The third-order valence-electron chi connectivity index (χ3n) is 8.13. The van der Waals surface area contributed by atoms with E-state index in [1.54, 1.807) is 36.2 Å². The number of carbonyl (C=O) groups is 7. The number of benzene rings is 1. The number of nitrogens with one attached hydrogen (secondary N) is 2. The Morgan fingerprint density at radius 3 is 2.54 bits per heavy atom. The van der Waals surface area contributed by atoms with Gasteiger partial charge in [0.1, 0.15) is 11.7 Å². The van der Waals surface area contributed by atoms with Crippen LogP contribution in [0.15, 0.2) is 36.0 Å². The molecule has 2 aliphatic heterocycles. The first-order valence-corrected chi connectivity index (χ1v) is 15.4. The summed E-state index contributed by atoms with van der Waals surface area (Å²) in [6.07, 6.45) is 2.33. The molecular weight excluding hydrogens is 616 g/mol. The average molecular weight is 649 g/mol. The molecule has 46 heavy (non-hydrogen) atoms. The molecule has 2 atom stereocenters. The monoisotopic (exact) mass is 648 g/mol. The number of ether oxygens (including phenoxy) is 1. The summed E-state index contributed by atoms with van der Waals surface area (Å²) in [6.45, 7) is 1.86. The predicted molar refractivity (Wildman–Crippen MR) is 163 cm³/mol. The first-order valence-electron chi connectivity index (χ1n) is 14.5. The maximum Gasteiger partial charge on any atom is 0.339 e. The highest BCUT2D eigenvalue weighted by Crippen LogP contribution is 2.30. The Morgan fingerprint density at radius 1 is 1.15 bits per heavy atom. The van der Waals surface area contributed by atoms with E-state index in [9.17, 15) is 33.6 Å². The van der Waals surface area contributed by atoms with E-state index >= 15 is 0 Å². The number of carbonyl (C=O) groups excluding carboxylic acids is 7. The quantitative estimate of drug-likeness (QED) is 0.244. The van der Waals surface area contributed by atoms with E-state index in [0.717, 1.165) is 4.90 Å². The summed E-state index contributed by atoms with van der Waals surface area (Å²) in [4.78, 5) is 97.1. The second kappa shape index (κ2) is 13.0. The molecule has 5 rings (SSSR count). The molecule has 2 N–H and O–H groups in total. The summed E-state index contributed by atoms with van der Waals surface area (Å²) in [5, 5.41) is 4.80. The Morgan fingerprint density at radius 2 is 1.89 bits per heavy atom. The molecule has 240 valence electrons. The van der Waals surface area contributed by atoms with Crippen LogP contribution in [0, 0.1) is 6.92 Å². The number of methoxy groups -OCH3 is 1. The van der Waals surface area contributed by atoms with Crippen LogP contribution in [0.5, 0.6) is 0 Å². The van der Waals surface area contributed by atoms with Gasteiger partial charge in [-0.25, -0.2) is 9.78 Å². The van der Waals surface area contributed by atoms with Gasteiger partial charge in [-0.2, -0.15) is 0 Å². The number of rotatable bonds is 10. The third kappa shape index (κ3) is 5.92. The summed E-state index contributed by atoms with van der Waals surface area (Å²) >= 11 is 1.30. The van der Waals surface area contributed by atoms with Gasteiger partial charge >= 0.3 is 5.97 Å². The van der Waals surface area contributed by atoms with Crippen LogP contribution in [-0.4, -0.2) is 87.5 Å². The zero-order valence-corrected chi connectivity index (χ0v) is 26.4. The summed E-state index contributed by atoms with van der Waals surface area (Å²) in [7, 11) is 4.37.